The Kier molecular flexibility index (Phi) is 25.7. The van der Waals surface area contributed by atoms with E-state index in [0.717, 1.165) is 44.5 Å². The van der Waals surface area contributed by atoms with Crippen LogP contribution >= 0.6 is 33.0 Å². The van der Waals surface area contributed by atoms with E-state index in [-0.39, 0.29) is 58.1 Å². The summed E-state index contributed by atoms with van der Waals surface area (Å²) < 4.78 is 140. The summed E-state index contributed by atoms with van der Waals surface area (Å²) in [7, 11) is 2.83. The molecule has 746 valence electrons. The zero-order valence-corrected chi connectivity index (χ0v) is 91.1. The van der Waals surface area contributed by atoms with Crippen molar-refractivity contribution < 1.29 is 99.2 Å². The SMILES string of the molecule is COc1cc(C(C)(C)C)c2op(OC3=C4C(=O)c5c(Op6oc7c(C(C)(C)C)cc(OC)cc7c7cc(OC)cc(C(C)(C)C)c7o6)cccc5C(C5c6cccc(Op7oc8c(C(C)(C)C)cc(OC)cc8c8cc(OC)cc(C(C)(C)C)c8o7)c6C(=O)C6=C(Op7oc8c(C(C)(C)C)cc(OC)cc8c8cc(OC)cc(C(C)(C)C)c8o7)CC=CC65)C4C=CC3)oc3c(C(C)(C)C)cc(OC)cc3c2c1. The van der Waals surface area contributed by atoms with Crippen LogP contribution in [0.25, 0.3) is 87.8 Å². The zero-order chi connectivity index (χ0) is 102. The van der Waals surface area contributed by atoms with Crippen LogP contribution in [0.5, 0.6) is 57.5 Å². The van der Waals surface area contributed by atoms with Crippen molar-refractivity contribution in [2.45, 2.75) is 234 Å². The van der Waals surface area contributed by atoms with Crippen LogP contribution in [0.3, 0.4) is 0 Å². The molecule has 0 amide bonds. The molecule has 14 aromatic rings. The van der Waals surface area contributed by atoms with E-state index < -0.39 is 112 Å². The highest BCUT2D eigenvalue weighted by Gasteiger charge is 2.53. The van der Waals surface area contributed by atoms with Crippen molar-refractivity contribution in [1.82, 2.24) is 0 Å². The lowest BCUT2D eigenvalue weighted by atomic mass is 9.56. The highest BCUT2D eigenvalue weighted by Crippen LogP contribution is 2.63. The summed E-state index contributed by atoms with van der Waals surface area (Å²) in [4.78, 5) is 35.8. The van der Waals surface area contributed by atoms with Crippen LogP contribution in [-0.4, -0.2) is 68.4 Å². The van der Waals surface area contributed by atoms with Crippen molar-refractivity contribution >= 4 is 132 Å². The van der Waals surface area contributed by atoms with Crippen molar-refractivity contribution in [2.24, 2.45) is 11.8 Å². The number of ether oxygens (including phenoxy) is 8. The Hall–Kier alpha value is -12.3. The second-order valence-electron chi connectivity index (χ2n) is 45.5. The molecule has 4 aliphatic rings. The number of hydrogen-bond donors (Lipinski definition) is 0. The molecular formula is C116H130O22P4. The van der Waals surface area contributed by atoms with Gasteiger partial charge in [-0.05, 0) is 164 Å². The first-order valence-electron chi connectivity index (χ1n) is 48.2. The molecule has 10 aromatic carbocycles. The fourth-order valence-corrected chi connectivity index (χ4v) is 24.8. The molecule has 0 spiro atoms. The molecule has 4 unspecified atom stereocenters. The number of hydrogen-bond acceptors (Lipinski definition) is 22. The maximum Gasteiger partial charge on any atom is 0.453 e. The number of allylic oxidation sites excluding steroid dienone is 6. The molecule has 4 atom stereocenters. The van der Waals surface area contributed by atoms with Crippen LogP contribution in [0.1, 0.15) is 267 Å². The minimum Gasteiger partial charge on any atom is -0.497 e. The molecular weight excluding hydrogens is 1870 g/mol. The van der Waals surface area contributed by atoms with Gasteiger partial charge in [-0.3, -0.25) is 9.59 Å². The lowest BCUT2D eigenvalue weighted by Crippen LogP contribution is -2.40. The third-order valence-corrected chi connectivity index (χ3v) is 31.6. The van der Waals surface area contributed by atoms with Gasteiger partial charge in [-0.1, -0.05) is 215 Å². The van der Waals surface area contributed by atoms with Gasteiger partial charge >= 0.3 is 33.0 Å². The molecule has 4 aliphatic carbocycles. The van der Waals surface area contributed by atoms with E-state index in [1.165, 1.54) is 0 Å². The van der Waals surface area contributed by atoms with E-state index in [2.05, 4.69) is 190 Å². The van der Waals surface area contributed by atoms with Crippen molar-refractivity contribution in [1.29, 1.82) is 0 Å². The summed E-state index contributed by atoms with van der Waals surface area (Å²) in [6.07, 6.45) is 8.51. The normalized spacial score (nSPS) is 16.5. The molecule has 18 rings (SSSR count). The van der Waals surface area contributed by atoms with Crippen molar-refractivity contribution in [3.63, 3.8) is 0 Å². The molecule has 0 bridgehead atoms. The average Bonchev–Trinajstić information content (AvgIpc) is 0.795. The van der Waals surface area contributed by atoms with E-state index >= 15 is 9.59 Å². The van der Waals surface area contributed by atoms with Gasteiger partial charge in [0.15, 0.2) is 11.6 Å². The standard InChI is InChI=1S/C116H130O22P4/c1-109(2,3)81-53-61(119-25)45-73-74-46-62(120-26)54-82(110(4,5)6)102(74)132-139(131-101(73)81)127-89-41-33-37-69-93(70-38-34-42-90(96(70)99(117)95(69)89)128-140-133-103-75(47-63(121-27)55-83(103)111(7,8)9)76-48-64(122-28)56-84(104(76)134-140)112(10,11)12)94-71-39-35-43-91(129-141-135-105-77(49-65(123-29)57-85(105)113(13,14)15)78-50-66(124-30)58-86(106(78)136-141)114(16,17)18)97(71)100(118)98-72(94)40-36-44-92(98)130-142-137-107-79(51-67(125-31)59-87(107)115(19,20)21)80-52-68(126-32)60-88(108(80)138-142)116(22,23)24/h33-41,43,45-60,70,72,93-94H,42,44H2,1-32H3. The monoisotopic (exact) mass is 2000 g/mol. The predicted octanol–water partition coefficient (Wildman–Crippen LogP) is 33.4. The fourth-order valence-electron chi connectivity index (χ4n) is 20.3. The highest BCUT2D eigenvalue weighted by atomic mass is 31.1. The van der Waals surface area contributed by atoms with Crippen LogP contribution in [0, 0.1) is 11.8 Å². The number of benzene rings is 10. The van der Waals surface area contributed by atoms with E-state index in [9.17, 15) is 0 Å². The molecule has 0 N–H and O–H groups in total. The summed E-state index contributed by atoms with van der Waals surface area (Å²) in [5, 5.41) is 5.51. The summed E-state index contributed by atoms with van der Waals surface area (Å²) in [6.45, 7) is 50.9. The molecule has 0 saturated carbocycles. The van der Waals surface area contributed by atoms with Crippen molar-refractivity contribution in [3.05, 3.63) is 247 Å². The smallest absolute Gasteiger partial charge is 0.453 e. The minimum absolute atomic E-state index is 0.0959. The number of methoxy groups -OCH3 is 8. The van der Waals surface area contributed by atoms with Gasteiger partial charge in [0.25, 0.3) is 0 Å². The number of carbonyl (C=O) groups excluding carboxylic acids is 2. The Bertz CT molecular complexity index is 7070. The first-order chi connectivity index (χ1) is 66.8. The van der Waals surface area contributed by atoms with Gasteiger partial charge in [0.05, 0.1) is 68.0 Å². The second-order valence-corrected chi connectivity index (χ2v) is 49.5. The maximum atomic E-state index is 17.9. The van der Waals surface area contributed by atoms with Gasteiger partial charge in [0, 0.05) is 135 Å². The average molecular weight is 2000 g/mol. The first kappa shape index (κ1) is 99.8. The van der Waals surface area contributed by atoms with Crippen LogP contribution in [-0.2, 0) is 43.3 Å². The van der Waals surface area contributed by atoms with Gasteiger partial charge in [0.1, 0.15) is 114 Å². The Balaban J connectivity index is 0.966. The van der Waals surface area contributed by atoms with E-state index in [1.54, 1.807) is 69.0 Å². The Morgan fingerprint density at radius 2 is 0.437 bits per heavy atom. The zero-order valence-electron chi connectivity index (χ0n) is 87.5. The van der Waals surface area contributed by atoms with Crippen LogP contribution in [0.4, 0.5) is 0 Å². The molecule has 4 aromatic heterocycles. The summed E-state index contributed by atoms with van der Waals surface area (Å²) in [5.74, 6) is 1.31. The Morgan fingerprint density at radius 1 is 0.254 bits per heavy atom. The summed E-state index contributed by atoms with van der Waals surface area (Å²) in [6, 6.07) is 43.0. The third kappa shape index (κ3) is 18.2. The molecule has 0 radical (unpaired) electrons. The molecule has 0 aliphatic heterocycles. The largest absolute Gasteiger partial charge is 0.497 e. The van der Waals surface area contributed by atoms with Crippen LogP contribution < -0.4 is 56.0 Å². The number of Topliss-reactive ketones (excluding diaryl/α,β-unsaturated/α-hetero) is 2. The lowest BCUT2D eigenvalue weighted by molar-refractivity contribution is 0.0975. The number of rotatable bonds is 17. The van der Waals surface area contributed by atoms with E-state index in [1.807, 2.05) is 121 Å². The molecule has 0 fully saturated rings. The number of carbonyl (C=O) groups is 2. The minimum atomic E-state index is -2.61. The lowest BCUT2D eigenvalue weighted by Gasteiger charge is -2.45. The summed E-state index contributed by atoms with van der Waals surface area (Å²) >= 11 is 0. The Morgan fingerprint density at radius 3 is 0.613 bits per heavy atom. The van der Waals surface area contributed by atoms with Gasteiger partial charge in [-0.15, -0.1) is 0 Å². The number of ketones is 2. The third-order valence-electron chi connectivity index (χ3n) is 27.6. The molecule has 22 nitrogen and oxygen atoms in total. The van der Waals surface area contributed by atoms with Crippen LogP contribution in [0.15, 0.2) is 214 Å². The van der Waals surface area contributed by atoms with Crippen molar-refractivity contribution in [2.75, 3.05) is 56.9 Å². The van der Waals surface area contributed by atoms with Gasteiger partial charge in [0.2, 0.25) is 0 Å². The number of fused-ring (bicyclic) bond motifs is 16. The van der Waals surface area contributed by atoms with Crippen LogP contribution in [0.2, 0.25) is 0 Å². The molecule has 4 heterocycles. The topological polar surface area (TPSA) is 250 Å². The molecule has 26 heteroatoms. The van der Waals surface area contributed by atoms with E-state index in [4.69, 9.17) is 89.6 Å². The van der Waals surface area contributed by atoms with E-state index in [0.29, 0.717) is 145 Å². The second kappa shape index (κ2) is 36.5. The van der Waals surface area contributed by atoms with Gasteiger partial charge < -0.3 is 89.6 Å². The molecule has 0 saturated heterocycles. The predicted molar refractivity (Wildman–Crippen MR) is 568 cm³/mol. The fraction of sp³-hybridized carbons (Fsp3) is 0.397. The maximum absolute atomic E-state index is 17.9. The van der Waals surface area contributed by atoms with Crippen molar-refractivity contribution in [3.8, 4) is 57.5 Å². The first-order valence-corrected chi connectivity index (χ1v) is 52.6. The van der Waals surface area contributed by atoms with Gasteiger partial charge in [-0.2, -0.15) is 0 Å². The molecule has 142 heavy (non-hydrogen) atoms. The Labute approximate surface area is 833 Å². The van der Waals surface area contributed by atoms with Gasteiger partial charge in [-0.25, -0.2) is 0 Å². The summed E-state index contributed by atoms with van der Waals surface area (Å²) in [5.41, 5.74) is 8.10. The highest BCUT2D eigenvalue weighted by molar-refractivity contribution is 7.33. The quantitative estimate of drug-likeness (QED) is 0.0768.